The Morgan fingerprint density at radius 1 is 1.16 bits per heavy atom. The quantitative estimate of drug-likeness (QED) is 0.896. The molecule has 0 unspecified atom stereocenters. The maximum Gasteiger partial charge on any atom is 0.336 e. The van der Waals surface area contributed by atoms with Crippen LogP contribution in [-0.2, 0) is 0 Å². The first-order chi connectivity index (χ1) is 9.09. The van der Waals surface area contributed by atoms with E-state index in [4.69, 9.17) is 4.74 Å². The molecule has 0 aliphatic heterocycles. The summed E-state index contributed by atoms with van der Waals surface area (Å²) >= 11 is 0. The molecular weight excluding hydrogens is 242 g/mol. The Bertz CT molecular complexity index is 593. The number of rotatable bonds is 5. The van der Waals surface area contributed by atoms with Crippen molar-refractivity contribution in [1.29, 1.82) is 0 Å². The minimum absolute atomic E-state index is 0.301. The van der Waals surface area contributed by atoms with E-state index >= 15 is 0 Å². The van der Waals surface area contributed by atoms with Gasteiger partial charge in [-0.2, -0.15) is 0 Å². The Hall–Kier alpha value is -2.07. The number of carbonyl (C=O) groups is 1. The van der Waals surface area contributed by atoms with Gasteiger partial charge in [-0.1, -0.05) is 24.3 Å². The molecule has 4 nitrogen and oxygen atoms in total. The van der Waals surface area contributed by atoms with Crippen LogP contribution in [-0.4, -0.2) is 43.2 Å². The molecule has 0 fully saturated rings. The molecule has 0 amide bonds. The van der Waals surface area contributed by atoms with E-state index in [2.05, 4.69) is 0 Å². The highest BCUT2D eigenvalue weighted by Gasteiger charge is 2.11. The highest BCUT2D eigenvalue weighted by atomic mass is 16.5. The van der Waals surface area contributed by atoms with Gasteiger partial charge in [-0.3, -0.25) is 0 Å². The van der Waals surface area contributed by atoms with Crippen LogP contribution in [0.25, 0.3) is 10.8 Å². The first-order valence-corrected chi connectivity index (χ1v) is 6.12. The van der Waals surface area contributed by atoms with Gasteiger partial charge in [0.25, 0.3) is 0 Å². The predicted octanol–water partition coefficient (Wildman–Crippen LogP) is 2.48. The lowest BCUT2D eigenvalue weighted by Gasteiger charge is -2.13. The topological polar surface area (TPSA) is 49.8 Å². The molecule has 0 saturated carbocycles. The number of benzene rings is 2. The lowest BCUT2D eigenvalue weighted by atomic mass is 10.0. The number of hydrogen-bond acceptors (Lipinski definition) is 3. The van der Waals surface area contributed by atoms with Crippen molar-refractivity contribution < 1.29 is 14.6 Å². The Balaban J connectivity index is 2.36. The molecule has 4 heteroatoms. The number of carboxylic acids is 1. The molecule has 0 bridgehead atoms. The smallest absolute Gasteiger partial charge is 0.336 e. The average molecular weight is 259 g/mol. The molecule has 1 N–H and O–H groups in total. The molecule has 0 atom stereocenters. The van der Waals surface area contributed by atoms with Gasteiger partial charge in [0.05, 0.1) is 5.56 Å². The van der Waals surface area contributed by atoms with Gasteiger partial charge < -0.3 is 14.7 Å². The highest BCUT2D eigenvalue weighted by molar-refractivity contribution is 6.05. The van der Waals surface area contributed by atoms with Gasteiger partial charge in [0.2, 0.25) is 0 Å². The fourth-order valence-corrected chi connectivity index (χ4v) is 1.92. The van der Waals surface area contributed by atoms with Crippen LogP contribution in [0.5, 0.6) is 5.75 Å². The summed E-state index contributed by atoms with van der Waals surface area (Å²) < 4.78 is 5.73. The number of fused-ring (bicyclic) bond motifs is 1. The summed E-state index contributed by atoms with van der Waals surface area (Å²) in [6.45, 7) is 1.39. The average Bonchev–Trinajstić information content (AvgIpc) is 2.38. The maximum atomic E-state index is 11.2. The van der Waals surface area contributed by atoms with Gasteiger partial charge in [0.1, 0.15) is 12.4 Å². The van der Waals surface area contributed by atoms with Crippen molar-refractivity contribution in [2.24, 2.45) is 0 Å². The molecule has 0 radical (unpaired) electrons. The van der Waals surface area contributed by atoms with Gasteiger partial charge in [0.15, 0.2) is 0 Å². The molecular formula is C15H17NO3. The van der Waals surface area contributed by atoms with Crippen LogP contribution in [0, 0.1) is 0 Å². The lowest BCUT2D eigenvalue weighted by Crippen LogP contribution is -2.19. The Kier molecular flexibility index (Phi) is 4.02. The Labute approximate surface area is 112 Å². The first-order valence-electron chi connectivity index (χ1n) is 6.12. The van der Waals surface area contributed by atoms with Crippen molar-refractivity contribution in [1.82, 2.24) is 4.90 Å². The molecule has 0 heterocycles. The second-order valence-corrected chi connectivity index (χ2v) is 4.61. The van der Waals surface area contributed by atoms with Crippen LogP contribution in [0.1, 0.15) is 10.4 Å². The van der Waals surface area contributed by atoms with E-state index in [1.807, 2.05) is 37.2 Å². The van der Waals surface area contributed by atoms with Gasteiger partial charge in [-0.05, 0) is 31.6 Å². The summed E-state index contributed by atoms with van der Waals surface area (Å²) in [6.07, 6.45) is 0. The van der Waals surface area contributed by atoms with E-state index in [0.717, 1.165) is 17.7 Å². The molecule has 0 spiro atoms. The van der Waals surface area contributed by atoms with Crippen molar-refractivity contribution in [2.45, 2.75) is 0 Å². The monoisotopic (exact) mass is 259 g/mol. The molecule has 2 aromatic rings. The summed E-state index contributed by atoms with van der Waals surface area (Å²) in [5, 5.41) is 10.7. The normalized spacial score (nSPS) is 10.9. The summed E-state index contributed by atoms with van der Waals surface area (Å²) in [4.78, 5) is 13.2. The molecule has 0 aliphatic rings. The maximum absolute atomic E-state index is 11.2. The number of hydrogen-bond donors (Lipinski definition) is 1. The van der Waals surface area contributed by atoms with E-state index in [0.29, 0.717) is 17.6 Å². The minimum atomic E-state index is -0.920. The molecule has 100 valence electrons. The summed E-state index contributed by atoms with van der Waals surface area (Å²) in [7, 11) is 3.96. The highest BCUT2D eigenvalue weighted by Crippen LogP contribution is 2.28. The van der Waals surface area contributed by atoms with Crippen molar-refractivity contribution in [3.8, 4) is 5.75 Å². The molecule has 19 heavy (non-hydrogen) atoms. The van der Waals surface area contributed by atoms with Gasteiger partial charge in [0, 0.05) is 11.9 Å². The van der Waals surface area contributed by atoms with Gasteiger partial charge in [-0.15, -0.1) is 0 Å². The molecule has 2 aromatic carbocycles. The third-order valence-electron chi connectivity index (χ3n) is 2.91. The van der Waals surface area contributed by atoms with E-state index in [-0.39, 0.29) is 0 Å². The van der Waals surface area contributed by atoms with E-state index in [1.54, 1.807) is 18.2 Å². The van der Waals surface area contributed by atoms with Crippen LogP contribution < -0.4 is 4.74 Å². The third-order valence-corrected chi connectivity index (χ3v) is 2.91. The van der Waals surface area contributed by atoms with Crippen molar-refractivity contribution >= 4 is 16.7 Å². The standard InChI is InChI=1S/C15H17NO3/c1-16(2)9-10-19-14-8-7-13(15(17)18)11-5-3-4-6-12(11)14/h3-8H,9-10H2,1-2H3,(H,17,18). The molecule has 0 aliphatic carbocycles. The molecule has 2 rings (SSSR count). The number of likely N-dealkylation sites (N-methyl/N-ethyl adjacent to an activating group) is 1. The Morgan fingerprint density at radius 3 is 2.47 bits per heavy atom. The van der Waals surface area contributed by atoms with Crippen LogP contribution in [0.15, 0.2) is 36.4 Å². The van der Waals surface area contributed by atoms with E-state index < -0.39 is 5.97 Å². The summed E-state index contributed by atoms with van der Waals surface area (Å²) in [5.74, 6) is -0.196. The summed E-state index contributed by atoms with van der Waals surface area (Å²) in [6, 6.07) is 10.7. The second kappa shape index (κ2) is 5.71. The second-order valence-electron chi connectivity index (χ2n) is 4.61. The SMILES string of the molecule is CN(C)CCOc1ccc(C(=O)O)c2ccccc12. The summed E-state index contributed by atoms with van der Waals surface area (Å²) in [5.41, 5.74) is 0.301. The van der Waals surface area contributed by atoms with E-state index in [1.165, 1.54) is 0 Å². The van der Waals surface area contributed by atoms with Crippen LogP contribution in [0.4, 0.5) is 0 Å². The van der Waals surface area contributed by atoms with Gasteiger partial charge in [-0.25, -0.2) is 4.79 Å². The fourth-order valence-electron chi connectivity index (χ4n) is 1.92. The van der Waals surface area contributed by atoms with Crippen LogP contribution in [0.2, 0.25) is 0 Å². The van der Waals surface area contributed by atoms with Crippen molar-refractivity contribution in [3.05, 3.63) is 42.0 Å². The minimum Gasteiger partial charge on any atom is -0.492 e. The zero-order valence-electron chi connectivity index (χ0n) is 11.1. The van der Waals surface area contributed by atoms with Gasteiger partial charge >= 0.3 is 5.97 Å². The lowest BCUT2D eigenvalue weighted by molar-refractivity contribution is 0.0699. The third kappa shape index (κ3) is 3.03. The fraction of sp³-hybridized carbons (Fsp3) is 0.267. The Morgan fingerprint density at radius 2 is 1.84 bits per heavy atom. The van der Waals surface area contributed by atoms with Crippen molar-refractivity contribution in [2.75, 3.05) is 27.2 Å². The zero-order chi connectivity index (χ0) is 13.8. The van der Waals surface area contributed by atoms with E-state index in [9.17, 15) is 9.90 Å². The zero-order valence-corrected chi connectivity index (χ0v) is 11.1. The number of aromatic carboxylic acids is 1. The number of ether oxygens (including phenoxy) is 1. The predicted molar refractivity (Wildman–Crippen MR) is 75.0 cm³/mol. The van der Waals surface area contributed by atoms with Crippen LogP contribution in [0.3, 0.4) is 0 Å². The molecule has 0 saturated heterocycles. The van der Waals surface area contributed by atoms with Crippen LogP contribution >= 0.6 is 0 Å². The number of carboxylic acid groups (broad SMARTS) is 1. The first kappa shape index (κ1) is 13.4. The molecule has 0 aromatic heterocycles. The largest absolute Gasteiger partial charge is 0.492 e. The number of nitrogens with zero attached hydrogens (tertiary/aromatic N) is 1. The van der Waals surface area contributed by atoms with Crippen molar-refractivity contribution in [3.63, 3.8) is 0 Å².